The van der Waals surface area contributed by atoms with Gasteiger partial charge in [-0.25, -0.2) is 5.06 Å². The van der Waals surface area contributed by atoms with E-state index in [1.807, 2.05) is 6.92 Å². The largest absolute Gasteiger partial charge is 0.333 e. The van der Waals surface area contributed by atoms with Gasteiger partial charge in [0.2, 0.25) is 12.3 Å². The predicted octanol–water partition coefficient (Wildman–Crippen LogP) is 3.43. The Morgan fingerprint density at radius 2 is 2.16 bits per heavy atom. The van der Waals surface area contributed by atoms with E-state index in [-0.39, 0.29) is 24.2 Å². The summed E-state index contributed by atoms with van der Waals surface area (Å²) in [7, 11) is 0. The quantitative estimate of drug-likeness (QED) is 0.255. The Labute approximate surface area is 183 Å². The Hall–Kier alpha value is -2.92. The summed E-state index contributed by atoms with van der Waals surface area (Å²) in [6.45, 7) is 2.58. The van der Waals surface area contributed by atoms with Crippen molar-refractivity contribution in [3.8, 4) is 10.6 Å². The molecule has 1 aromatic heterocycles. The van der Waals surface area contributed by atoms with Crippen LogP contribution in [0.2, 0.25) is 0 Å². The minimum atomic E-state index is -0.474. The number of carbonyl (C=O) groups excluding carboxylic acids is 2. The molecule has 1 saturated heterocycles. The van der Waals surface area contributed by atoms with Crippen LogP contribution in [0.15, 0.2) is 24.3 Å². The molecule has 11 heteroatoms. The van der Waals surface area contributed by atoms with Gasteiger partial charge in [0.25, 0.3) is 5.69 Å². The maximum Gasteiger partial charge on any atom is 0.269 e. The number of non-ortho nitro benzene ring substituents is 1. The van der Waals surface area contributed by atoms with E-state index in [1.165, 1.54) is 23.5 Å². The van der Waals surface area contributed by atoms with Crippen molar-refractivity contribution in [1.29, 1.82) is 0 Å². The third-order valence-electron chi connectivity index (χ3n) is 5.37. The second kappa shape index (κ2) is 10.4. The van der Waals surface area contributed by atoms with Crippen molar-refractivity contribution in [2.75, 3.05) is 13.1 Å². The lowest BCUT2D eigenvalue weighted by molar-refractivity contribution is -0.384. The van der Waals surface area contributed by atoms with Crippen LogP contribution in [0, 0.1) is 16.0 Å². The molecule has 10 nitrogen and oxygen atoms in total. The molecule has 1 aliphatic rings. The number of nitro groups is 1. The smallest absolute Gasteiger partial charge is 0.269 e. The summed E-state index contributed by atoms with van der Waals surface area (Å²) in [6.07, 6.45) is 4.24. The van der Waals surface area contributed by atoms with Crippen LogP contribution in [0.1, 0.15) is 50.1 Å². The standard InChI is InChI=1S/C20H25N5O5S/c1-2-3-5-15(12-23(28)13-26)20(27)24-11-4-6-17(24)19-22-21-18(31-19)14-7-9-16(10-8-14)25(29)30/h7-10,13,15,17,28H,2-6,11-12H2,1H3/t15-,17+/m1/s1. The summed E-state index contributed by atoms with van der Waals surface area (Å²) in [5, 5.41) is 30.8. The van der Waals surface area contributed by atoms with Crippen molar-refractivity contribution in [3.63, 3.8) is 0 Å². The van der Waals surface area contributed by atoms with Gasteiger partial charge in [0.15, 0.2) is 0 Å². The fraction of sp³-hybridized carbons (Fsp3) is 0.500. The number of hydroxylamine groups is 2. The summed E-state index contributed by atoms with van der Waals surface area (Å²) >= 11 is 1.36. The molecule has 0 radical (unpaired) electrons. The summed E-state index contributed by atoms with van der Waals surface area (Å²) in [6, 6.07) is 5.91. The van der Waals surface area contributed by atoms with Gasteiger partial charge in [0.05, 0.1) is 23.4 Å². The van der Waals surface area contributed by atoms with Crippen molar-refractivity contribution < 1.29 is 19.7 Å². The number of likely N-dealkylation sites (tertiary alicyclic amines) is 1. The number of carbonyl (C=O) groups is 2. The molecule has 2 amide bonds. The Kier molecular flexibility index (Phi) is 7.64. The number of hydrogen-bond acceptors (Lipinski definition) is 8. The van der Waals surface area contributed by atoms with Gasteiger partial charge in [-0.05, 0) is 31.4 Å². The maximum absolute atomic E-state index is 13.2. The topological polar surface area (TPSA) is 130 Å². The van der Waals surface area contributed by atoms with Crippen LogP contribution in [-0.2, 0) is 9.59 Å². The molecule has 3 rings (SSSR count). The minimum absolute atomic E-state index is 0.00688. The molecule has 0 saturated carbocycles. The molecular formula is C20H25N5O5S. The normalized spacial score (nSPS) is 16.8. The van der Waals surface area contributed by atoms with E-state index in [4.69, 9.17) is 0 Å². The van der Waals surface area contributed by atoms with E-state index < -0.39 is 10.8 Å². The number of nitrogens with zero attached hydrogens (tertiary/aromatic N) is 5. The predicted molar refractivity (Wildman–Crippen MR) is 113 cm³/mol. The Morgan fingerprint density at radius 3 is 2.81 bits per heavy atom. The minimum Gasteiger partial charge on any atom is -0.333 e. The zero-order valence-corrected chi connectivity index (χ0v) is 18.0. The van der Waals surface area contributed by atoms with E-state index in [2.05, 4.69) is 10.2 Å². The zero-order chi connectivity index (χ0) is 22.4. The number of rotatable bonds is 10. The second-order valence-electron chi connectivity index (χ2n) is 7.51. The van der Waals surface area contributed by atoms with Gasteiger partial charge >= 0.3 is 0 Å². The molecule has 2 heterocycles. The van der Waals surface area contributed by atoms with Crippen LogP contribution in [0.5, 0.6) is 0 Å². The van der Waals surface area contributed by atoms with Gasteiger partial charge in [0.1, 0.15) is 10.0 Å². The molecule has 31 heavy (non-hydrogen) atoms. The molecule has 0 bridgehead atoms. The monoisotopic (exact) mass is 447 g/mol. The molecule has 0 spiro atoms. The molecule has 1 fully saturated rings. The van der Waals surface area contributed by atoms with Gasteiger partial charge in [-0.15, -0.1) is 10.2 Å². The lowest BCUT2D eigenvalue weighted by Crippen LogP contribution is -2.40. The molecule has 1 aliphatic heterocycles. The molecule has 0 aliphatic carbocycles. The second-order valence-corrected chi connectivity index (χ2v) is 8.51. The van der Waals surface area contributed by atoms with Crippen molar-refractivity contribution >= 4 is 29.3 Å². The van der Waals surface area contributed by atoms with E-state index >= 15 is 0 Å². The van der Waals surface area contributed by atoms with Crippen molar-refractivity contribution in [2.45, 2.75) is 45.1 Å². The van der Waals surface area contributed by atoms with Gasteiger partial charge in [-0.2, -0.15) is 0 Å². The van der Waals surface area contributed by atoms with Crippen molar-refractivity contribution in [1.82, 2.24) is 20.2 Å². The van der Waals surface area contributed by atoms with Gasteiger partial charge in [-0.1, -0.05) is 31.1 Å². The first kappa shape index (κ1) is 22.8. The highest BCUT2D eigenvalue weighted by Gasteiger charge is 2.36. The molecule has 166 valence electrons. The highest BCUT2D eigenvalue weighted by Crippen LogP contribution is 2.37. The lowest BCUT2D eigenvalue weighted by atomic mass is 10.00. The van der Waals surface area contributed by atoms with Crippen LogP contribution in [0.25, 0.3) is 10.6 Å². The van der Waals surface area contributed by atoms with Crippen LogP contribution >= 0.6 is 11.3 Å². The third-order valence-corrected chi connectivity index (χ3v) is 6.44. The molecule has 1 aromatic carbocycles. The summed E-state index contributed by atoms with van der Waals surface area (Å²) < 4.78 is 0. The van der Waals surface area contributed by atoms with Crippen LogP contribution in [-0.4, -0.2) is 55.7 Å². The Balaban J connectivity index is 1.77. The van der Waals surface area contributed by atoms with E-state index in [0.29, 0.717) is 34.5 Å². The highest BCUT2D eigenvalue weighted by molar-refractivity contribution is 7.14. The molecule has 0 unspecified atom stereocenters. The number of benzene rings is 1. The first-order valence-corrected chi connectivity index (χ1v) is 11.1. The molecule has 1 N–H and O–H groups in total. The summed E-state index contributed by atoms with van der Waals surface area (Å²) in [5.41, 5.74) is 0.736. The van der Waals surface area contributed by atoms with E-state index in [0.717, 1.165) is 31.2 Å². The van der Waals surface area contributed by atoms with Crippen LogP contribution in [0.3, 0.4) is 0 Å². The van der Waals surface area contributed by atoms with E-state index in [9.17, 15) is 24.9 Å². The van der Waals surface area contributed by atoms with Crippen molar-refractivity contribution in [3.05, 3.63) is 39.4 Å². The number of hydrogen-bond donors (Lipinski definition) is 1. The number of unbranched alkanes of at least 4 members (excludes halogenated alkanes) is 1. The summed E-state index contributed by atoms with van der Waals surface area (Å²) in [5.74, 6) is -0.568. The molecule has 2 aromatic rings. The van der Waals surface area contributed by atoms with Crippen LogP contribution in [0.4, 0.5) is 5.69 Å². The van der Waals surface area contributed by atoms with E-state index in [1.54, 1.807) is 17.0 Å². The summed E-state index contributed by atoms with van der Waals surface area (Å²) in [4.78, 5) is 36.2. The van der Waals surface area contributed by atoms with Crippen molar-refractivity contribution in [2.24, 2.45) is 5.92 Å². The fourth-order valence-electron chi connectivity index (χ4n) is 3.75. The number of aromatic nitrogens is 2. The highest BCUT2D eigenvalue weighted by atomic mass is 32.1. The number of amides is 2. The lowest BCUT2D eigenvalue weighted by Gasteiger charge is -2.28. The van der Waals surface area contributed by atoms with Gasteiger partial charge in [-0.3, -0.25) is 24.9 Å². The average Bonchev–Trinajstić information content (AvgIpc) is 3.45. The van der Waals surface area contributed by atoms with Crippen LogP contribution < -0.4 is 0 Å². The Morgan fingerprint density at radius 1 is 1.42 bits per heavy atom. The first-order chi connectivity index (χ1) is 14.9. The molecular weight excluding hydrogens is 422 g/mol. The third kappa shape index (κ3) is 5.42. The SMILES string of the molecule is CCCC[C@H](CN(O)C=O)C(=O)N1CCC[C@H]1c1nnc(-c2ccc([N+](=O)[O-])cc2)s1. The first-order valence-electron chi connectivity index (χ1n) is 10.2. The fourth-order valence-corrected chi connectivity index (χ4v) is 4.74. The zero-order valence-electron chi connectivity index (χ0n) is 17.2. The Bertz CT molecular complexity index is 919. The number of nitro benzene ring substituents is 1. The molecule has 2 atom stereocenters. The van der Waals surface area contributed by atoms with Gasteiger partial charge in [0, 0.05) is 24.2 Å². The average molecular weight is 448 g/mol. The van der Waals surface area contributed by atoms with Gasteiger partial charge < -0.3 is 4.90 Å². The maximum atomic E-state index is 13.2.